The molecule has 0 saturated carbocycles. The molecule has 4 heterocycles. The molecule has 1 fully saturated rings. The molecule has 8 nitrogen and oxygen atoms in total. The van der Waals surface area contributed by atoms with Crippen LogP contribution in [0.5, 0.6) is 0 Å². The summed E-state index contributed by atoms with van der Waals surface area (Å²) in [4.78, 5) is 16.3. The first-order valence-corrected chi connectivity index (χ1v) is 11.0. The van der Waals surface area contributed by atoms with Gasteiger partial charge in [0.05, 0.1) is 16.9 Å². The first-order valence-electron chi connectivity index (χ1n) is 8.45. The van der Waals surface area contributed by atoms with Gasteiger partial charge in [0.15, 0.2) is 0 Å². The van der Waals surface area contributed by atoms with Gasteiger partial charge in [-0.25, -0.2) is 0 Å². The van der Waals surface area contributed by atoms with Crippen LogP contribution in [0, 0.1) is 0 Å². The van der Waals surface area contributed by atoms with E-state index in [9.17, 15) is 4.79 Å². The molecule has 1 amide bonds. The Morgan fingerprint density at radius 3 is 2.59 bits per heavy atom. The minimum atomic E-state index is -0.144. The molecule has 140 valence electrons. The maximum absolute atomic E-state index is 12.2. The van der Waals surface area contributed by atoms with Gasteiger partial charge in [-0.1, -0.05) is 35.2 Å². The van der Waals surface area contributed by atoms with Crippen LogP contribution in [0.15, 0.2) is 24.4 Å². The fourth-order valence-corrected chi connectivity index (χ4v) is 6.16. The molecular weight excluding hydrogens is 402 g/mol. The first kappa shape index (κ1) is 18.3. The predicted octanol–water partition coefficient (Wildman–Crippen LogP) is 3.25. The van der Waals surface area contributed by atoms with Gasteiger partial charge in [-0.15, -0.1) is 32.2 Å². The average molecular weight is 420 g/mol. The number of carbonyl (C=O) groups is 1. The highest BCUT2D eigenvalue weighted by Crippen LogP contribution is 2.51. The van der Waals surface area contributed by atoms with Crippen molar-refractivity contribution >= 4 is 50.6 Å². The minimum absolute atomic E-state index is 0.144. The summed E-state index contributed by atoms with van der Waals surface area (Å²) in [6, 6.07) is 5.51. The Morgan fingerprint density at radius 2 is 1.89 bits per heavy atom. The summed E-state index contributed by atoms with van der Waals surface area (Å²) in [6.45, 7) is 0. The van der Waals surface area contributed by atoms with Crippen molar-refractivity contribution in [1.82, 2.24) is 25.4 Å². The Balaban J connectivity index is 1.37. The highest BCUT2D eigenvalue weighted by Gasteiger charge is 2.29. The lowest BCUT2D eigenvalue weighted by atomic mass is 10.1. The van der Waals surface area contributed by atoms with Gasteiger partial charge in [0.25, 0.3) is 0 Å². The number of nitrogens with zero attached hydrogens (tertiary/aromatic N) is 5. The number of thioether (sulfide) groups is 1. The monoisotopic (exact) mass is 419 g/mol. The van der Waals surface area contributed by atoms with Gasteiger partial charge in [0.2, 0.25) is 16.2 Å². The molecule has 2 unspecified atom stereocenters. The van der Waals surface area contributed by atoms with E-state index in [1.54, 1.807) is 6.20 Å². The van der Waals surface area contributed by atoms with Crippen LogP contribution >= 0.6 is 34.4 Å². The van der Waals surface area contributed by atoms with Gasteiger partial charge in [-0.3, -0.25) is 9.78 Å². The number of anilines is 2. The normalized spacial score (nSPS) is 19.7. The summed E-state index contributed by atoms with van der Waals surface area (Å²) in [7, 11) is 0. The Bertz CT molecular complexity index is 914. The van der Waals surface area contributed by atoms with Crippen molar-refractivity contribution in [3.05, 3.63) is 40.1 Å². The van der Waals surface area contributed by atoms with Crippen molar-refractivity contribution in [3.8, 4) is 0 Å². The second-order valence-electron chi connectivity index (χ2n) is 6.01. The summed E-state index contributed by atoms with van der Waals surface area (Å²) >= 11 is 4.70. The van der Waals surface area contributed by atoms with E-state index in [1.165, 1.54) is 22.7 Å². The fourth-order valence-electron chi connectivity index (χ4n) is 2.81. The van der Waals surface area contributed by atoms with Crippen LogP contribution in [0.25, 0.3) is 0 Å². The third-order valence-electron chi connectivity index (χ3n) is 4.02. The van der Waals surface area contributed by atoms with Gasteiger partial charge < -0.3 is 11.1 Å². The molecular formula is C16H17N7OS3. The minimum Gasteiger partial charge on any atom is -0.374 e. The van der Waals surface area contributed by atoms with Crippen molar-refractivity contribution in [2.24, 2.45) is 0 Å². The smallest absolute Gasteiger partial charge is 0.232 e. The third-order valence-corrected chi connectivity index (χ3v) is 7.71. The number of rotatable bonds is 5. The Morgan fingerprint density at radius 1 is 1.11 bits per heavy atom. The van der Waals surface area contributed by atoms with E-state index >= 15 is 0 Å². The van der Waals surface area contributed by atoms with Crippen LogP contribution in [-0.2, 0) is 11.2 Å². The van der Waals surface area contributed by atoms with Gasteiger partial charge >= 0.3 is 0 Å². The number of carbonyl (C=O) groups excluding carboxylic acids is 1. The van der Waals surface area contributed by atoms with E-state index < -0.39 is 0 Å². The van der Waals surface area contributed by atoms with Gasteiger partial charge in [-0.2, -0.15) is 0 Å². The Kier molecular flexibility index (Phi) is 5.60. The molecule has 1 aliphatic heterocycles. The summed E-state index contributed by atoms with van der Waals surface area (Å²) in [6.07, 6.45) is 5.07. The molecule has 0 aromatic carbocycles. The SMILES string of the molecule is Nc1nnc(C2CCCC(c3nnc(NC(=O)Cc4ccccn4)s3)S2)s1. The molecule has 11 heteroatoms. The Hall–Kier alpha value is -2.11. The van der Waals surface area contributed by atoms with Crippen molar-refractivity contribution in [1.29, 1.82) is 0 Å². The van der Waals surface area contributed by atoms with E-state index in [4.69, 9.17) is 5.73 Å². The number of nitrogens with one attached hydrogen (secondary N) is 1. The largest absolute Gasteiger partial charge is 0.374 e. The van der Waals surface area contributed by atoms with Crippen LogP contribution in [-0.4, -0.2) is 31.3 Å². The average Bonchev–Trinajstić information content (AvgIpc) is 3.32. The van der Waals surface area contributed by atoms with Gasteiger partial charge in [0.1, 0.15) is 10.0 Å². The standard InChI is InChI=1S/C16H17N7OS3/c17-15-22-20-13(26-15)10-5-3-6-11(25-10)14-21-23-16(27-14)19-12(24)8-9-4-1-2-7-18-9/h1-2,4,7,10-11H,3,5-6,8H2,(H2,17,22)(H,19,23,24). The fraction of sp³-hybridized carbons (Fsp3) is 0.375. The summed E-state index contributed by atoms with van der Waals surface area (Å²) in [5, 5.41) is 22.8. The molecule has 1 aliphatic rings. The van der Waals surface area contributed by atoms with Crippen molar-refractivity contribution in [2.45, 2.75) is 36.2 Å². The second-order valence-corrected chi connectivity index (χ2v) is 9.47. The van der Waals surface area contributed by atoms with Crippen molar-refractivity contribution in [2.75, 3.05) is 11.1 Å². The summed E-state index contributed by atoms with van der Waals surface area (Å²) in [5.41, 5.74) is 6.43. The lowest BCUT2D eigenvalue weighted by Gasteiger charge is -2.25. The molecule has 3 aromatic heterocycles. The van der Waals surface area contributed by atoms with E-state index in [0.29, 0.717) is 10.3 Å². The molecule has 0 bridgehead atoms. The topological polar surface area (TPSA) is 120 Å². The molecule has 1 saturated heterocycles. The highest BCUT2D eigenvalue weighted by molar-refractivity contribution is 8.00. The number of amides is 1. The quantitative estimate of drug-likeness (QED) is 0.647. The van der Waals surface area contributed by atoms with Gasteiger partial charge in [0, 0.05) is 11.9 Å². The van der Waals surface area contributed by atoms with Crippen LogP contribution in [0.4, 0.5) is 10.3 Å². The number of pyridine rings is 1. The highest BCUT2D eigenvalue weighted by atomic mass is 32.2. The zero-order valence-electron chi connectivity index (χ0n) is 14.2. The van der Waals surface area contributed by atoms with E-state index in [-0.39, 0.29) is 22.8 Å². The predicted molar refractivity (Wildman–Crippen MR) is 108 cm³/mol. The molecule has 2 atom stereocenters. The maximum Gasteiger partial charge on any atom is 0.232 e. The molecule has 4 rings (SSSR count). The number of hydrogen-bond donors (Lipinski definition) is 2. The lowest BCUT2D eigenvalue weighted by molar-refractivity contribution is -0.115. The lowest BCUT2D eigenvalue weighted by Crippen LogP contribution is -2.14. The number of aromatic nitrogens is 5. The zero-order valence-corrected chi connectivity index (χ0v) is 16.7. The molecule has 0 radical (unpaired) electrons. The van der Waals surface area contributed by atoms with Crippen LogP contribution < -0.4 is 11.1 Å². The van der Waals surface area contributed by atoms with Crippen LogP contribution in [0.2, 0.25) is 0 Å². The molecule has 0 aliphatic carbocycles. The van der Waals surface area contributed by atoms with Gasteiger partial charge in [-0.05, 0) is 25.0 Å². The molecule has 27 heavy (non-hydrogen) atoms. The number of nitrogen functional groups attached to an aromatic ring is 1. The third kappa shape index (κ3) is 4.60. The summed E-state index contributed by atoms with van der Waals surface area (Å²) < 4.78 is 0. The van der Waals surface area contributed by atoms with E-state index in [2.05, 4.69) is 30.7 Å². The van der Waals surface area contributed by atoms with E-state index in [0.717, 1.165) is 35.0 Å². The number of hydrogen-bond acceptors (Lipinski definition) is 10. The van der Waals surface area contributed by atoms with Crippen LogP contribution in [0.1, 0.15) is 45.5 Å². The molecule has 0 spiro atoms. The Labute approximate surface area is 168 Å². The molecule has 3 aromatic rings. The maximum atomic E-state index is 12.2. The second kappa shape index (κ2) is 8.28. The molecule has 3 N–H and O–H groups in total. The van der Waals surface area contributed by atoms with Crippen molar-refractivity contribution in [3.63, 3.8) is 0 Å². The van der Waals surface area contributed by atoms with Crippen molar-refractivity contribution < 1.29 is 4.79 Å². The zero-order chi connectivity index (χ0) is 18.6. The van der Waals surface area contributed by atoms with Crippen LogP contribution in [0.3, 0.4) is 0 Å². The number of nitrogens with two attached hydrogens (primary N) is 1. The van der Waals surface area contributed by atoms with E-state index in [1.807, 2.05) is 30.0 Å². The first-order chi connectivity index (χ1) is 13.2. The summed E-state index contributed by atoms with van der Waals surface area (Å²) in [5.74, 6) is -0.144.